The van der Waals surface area contributed by atoms with Crippen LogP contribution in [0.15, 0.2) is 0 Å². The second kappa shape index (κ2) is 36.7. The summed E-state index contributed by atoms with van der Waals surface area (Å²) in [5.41, 5.74) is 0. The van der Waals surface area contributed by atoms with Gasteiger partial charge in [0.1, 0.15) is 0 Å². The summed E-state index contributed by atoms with van der Waals surface area (Å²) in [6.07, 6.45) is 7.43. The van der Waals surface area contributed by atoms with Crippen molar-refractivity contribution in [1.29, 1.82) is 0 Å². The van der Waals surface area contributed by atoms with Crippen molar-refractivity contribution in [2.75, 3.05) is 79.3 Å². The zero-order chi connectivity index (χ0) is 30.0. The highest BCUT2D eigenvalue weighted by molar-refractivity contribution is 5.70. The van der Waals surface area contributed by atoms with Crippen molar-refractivity contribution in [3.05, 3.63) is 0 Å². The SMILES string of the molecule is CCCCC(CC)C(=O)O.CCCCC(CC)C(=O)O.OCCOCCOCCOCCOCCOCCO. The first kappa shape index (κ1) is 42.1. The maximum atomic E-state index is 10.4. The van der Waals surface area contributed by atoms with E-state index in [1.165, 1.54) is 0 Å². The van der Waals surface area contributed by atoms with Gasteiger partial charge < -0.3 is 44.1 Å². The van der Waals surface area contributed by atoms with Crippen LogP contribution in [0.25, 0.3) is 0 Å². The molecule has 2 atom stereocenters. The van der Waals surface area contributed by atoms with Crippen LogP contribution in [0.5, 0.6) is 0 Å². The van der Waals surface area contributed by atoms with E-state index in [2.05, 4.69) is 13.8 Å². The van der Waals surface area contributed by atoms with E-state index in [1.807, 2.05) is 13.8 Å². The number of hydrogen-bond donors (Lipinski definition) is 4. The summed E-state index contributed by atoms with van der Waals surface area (Å²) in [6.45, 7) is 12.8. The molecule has 0 fully saturated rings. The van der Waals surface area contributed by atoms with Gasteiger partial charge >= 0.3 is 11.9 Å². The molecule has 0 bridgehead atoms. The van der Waals surface area contributed by atoms with Crippen molar-refractivity contribution in [2.45, 2.75) is 79.1 Å². The molecule has 2 unspecified atom stereocenters. The maximum Gasteiger partial charge on any atom is 0.306 e. The second-order valence-electron chi connectivity index (χ2n) is 8.68. The van der Waals surface area contributed by atoms with Crippen LogP contribution in [0.4, 0.5) is 0 Å². The average Bonchev–Trinajstić information content (AvgIpc) is 2.92. The molecule has 0 rings (SSSR count). The molecule has 11 heteroatoms. The highest BCUT2D eigenvalue weighted by Crippen LogP contribution is 2.12. The number of unbranched alkanes of at least 4 members (excludes halogenated alkanes) is 2. The third kappa shape index (κ3) is 36.7. The number of hydrogen-bond acceptors (Lipinski definition) is 9. The van der Waals surface area contributed by atoms with Crippen LogP contribution in [0.1, 0.15) is 79.1 Å². The third-order valence-electron chi connectivity index (χ3n) is 5.46. The summed E-state index contributed by atoms with van der Waals surface area (Å²) >= 11 is 0. The van der Waals surface area contributed by atoms with Crippen molar-refractivity contribution in [2.24, 2.45) is 11.8 Å². The second-order valence-corrected chi connectivity index (χ2v) is 8.68. The normalized spacial score (nSPS) is 12.1. The molecule has 0 aliphatic heterocycles. The summed E-state index contributed by atoms with van der Waals surface area (Å²) in [6, 6.07) is 0. The van der Waals surface area contributed by atoms with E-state index in [9.17, 15) is 9.59 Å². The van der Waals surface area contributed by atoms with E-state index in [0.29, 0.717) is 66.1 Å². The van der Waals surface area contributed by atoms with Crippen LogP contribution in [-0.4, -0.2) is 112 Å². The molecule has 0 aromatic heterocycles. The molecule has 0 heterocycles. The Hall–Kier alpha value is -1.34. The first-order chi connectivity index (χ1) is 18.9. The molecule has 0 aromatic carbocycles. The van der Waals surface area contributed by atoms with Crippen LogP contribution in [0, 0.1) is 11.8 Å². The molecule has 39 heavy (non-hydrogen) atoms. The van der Waals surface area contributed by atoms with E-state index in [4.69, 9.17) is 44.1 Å². The van der Waals surface area contributed by atoms with Crippen LogP contribution >= 0.6 is 0 Å². The lowest BCUT2D eigenvalue weighted by atomic mass is 10.00. The fourth-order valence-corrected chi connectivity index (χ4v) is 3.02. The molecule has 0 saturated heterocycles. The monoisotopic (exact) mass is 570 g/mol. The quantitative estimate of drug-likeness (QED) is 0.112. The molecule has 236 valence electrons. The van der Waals surface area contributed by atoms with Crippen molar-refractivity contribution in [3.8, 4) is 0 Å². The minimum Gasteiger partial charge on any atom is -0.481 e. The molecule has 0 saturated carbocycles. The zero-order valence-electron chi connectivity index (χ0n) is 24.9. The highest BCUT2D eigenvalue weighted by Gasteiger charge is 2.13. The van der Waals surface area contributed by atoms with Crippen LogP contribution in [0.3, 0.4) is 0 Å². The molecular formula is C28H58O11. The Kier molecular flexibility index (Phi) is 39.6. The van der Waals surface area contributed by atoms with Crippen LogP contribution in [-0.2, 0) is 33.3 Å². The van der Waals surface area contributed by atoms with Gasteiger partial charge in [-0.25, -0.2) is 0 Å². The van der Waals surface area contributed by atoms with E-state index in [0.717, 1.165) is 51.4 Å². The van der Waals surface area contributed by atoms with Crippen molar-refractivity contribution in [1.82, 2.24) is 0 Å². The molecule has 0 aliphatic carbocycles. The standard InChI is InChI=1S/C12H26O7.2C8H16O2/c13-1-3-15-5-7-17-9-11-19-12-10-18-8-6-16-4-2-14;2*1-3-5-6-7(4-2)8(9)10/h13-14H,1-12H2;2*7H,3-6H2,1-2H3,(H,9,10). The van der Waals surface area contributed by atoms with E-state index in [1.54, 1.807) is 0 Å². The first-order valence-corrected chi connectivity index (χ1v) is 14.4. The van der Waals surface area contributed by atoms with Gasteiger partial charge in [-0.05, 0) is 25.7 Å². The molecule has 11 nitrogen and oxygen atoms in total. The van der Waals surface area contributed by atoms with Crippen LogP contribution in [0.2, 0.25) is 0 Å². The largest absolute Gasteiger partial charge is 0.481 e. The van der Waals surface area contributed by atoms with Gasteiger partial charge in [-0.15, -0.1) is 0 Å². The number of carboxylic acid groups (broad SMARTS) is 2. The third-order valence-corrected chi connectivity index (χ3v) is 5.46. The lowest BCUT2D eigenvalue weighted by molar-refractivity contribution is -0.143. The minimum absolute atomic E-state index is 0.0359. The van der Waals surface area contributed by atoms with E-state index >= 15 is 0 Å². The molecular weight excluding hydrogens is 512 g/mol. The van der Waals surface area contributed by atoms with E-state index in [-0.39, 0.29) is 25.0 Å². The topological polar surface area (TPSA) is 161 Å². The Bertz CT molecular complexity index is 450. The van der Waals surface area contributed by atoms with Gasteiger partial charge in [-0.3, -0.25) is 9.59 Å². The fourth-order valence-electron chi connectivity index (χ4n) is 3.02. The van der Waals surface area contributed by atoms with Gasteiger partial charge in [0.25, 0.3) is 0 Å². The summed E-state index contributed by atoms with van der Waals surface area (Å²) < 4.78 is 25.8. The number of aliphatic hydroxyl groups is 2. The number of carbonyl (C=O) groups is 2. The van der Waals surface area contributed by atoms with Crippen LogP contribution < -0.4 is 0 Å². The fraction of sp³-hybridized carbons (Fsp3) is 0.929. The molecule has 0 aromatic rings. The molecule has 0 radical (unpaired) electrons. The van der Waals surface area contributed by atoms with Gasteiger partial charge in [0, 0.05) is 0 Å². The summed E-state index contributed by atoms with van der Waals surface area (Å²) in [7, 11) is 0. The lowest BCUT2D eigenvalue weighted by Gasteiger charge is -2.07. The number of rotatable bonds is 26. The molecule has 0 spiro atoms. The van der Waals surface area contributed by atoms with Gasteiger partial charge in [0.15, 0.2) is 0 Å². The first-order valence-electron chi connectivity index (χ1n) is 14.4. The van der Waals surface area contributed by atoms with Crippen molar-refractivity contribution in [3.63, 3.8) is 0 Å². The Balaban J connectivity index is -0.000000547. The number of carboxylic acids is 2. The summed E-state index contributed by atoms with van der Waals surface area (Å²) in [5.74, 6) is -1.51. The maximum absolute atomic E-state index is 10.4. The van der Waals surface area contributed by atoms with Gasteiger partial charge in [-0.1, -0.05) is 53.4 Å². The Labute approximate surface area is 236 Å². The van der Waals surface area contributed by atoms with Crippen molar-refractivity contribution >= 4 is 11.9 Å². The van der Waals surface area contributed by atoms with Gasteiger partial charge in [0.05, 0.1) is 91.1 Å². The molecule has 0 aliphatic rings. The molecule has 4 N–H and O–H groups in total. The predicted octanol–water partition coefficient (Wildman–Crippen LogP) is 3.63. The number of aliphatic hydroxyl groups excluding tert-OH is 2. The van der Waals surface area contributed by atoms with Crippen molar-refractivity contribution < 1.29 is 53.7 Å². The predicted molar refractivity (Wildman–Crippen MR) is 150 cm³/mol. The lowest BCUT2D eigenvalue weighted by Crippen LogP contribution is -2.14. The Morgan fingerprint density at radius 3 is 0.949 bits per heavy atom. The zero-order valence-corrected chi connectivity index (χ0v) is 24.9. The average molecular weight is 571 g/mol. The van der Waals surface area contributed by atoms with Gasteiger partial charge in [0.2, 0.25) is 0 Å². The van der Waals surface area contributed by atoms with Gasteiger partial charge in [-0.2, -0.15) is 0 Å². The minimum atomic E-state index is -0.643. The van der Waals surface area contributed by atoms with E-state index < -0.39 is 11.9 Å². The number of aliphatic carboxylic acids is 2. The Morgan fingerprint density at radius 2 is 0.769 bits per heavy atom. The molecule has 0 amide bonds. The highest BCUT2D eigenvalue weighted by atomic mass is 16.6. The Morgan fingerprint density at radius 1 is 0.513 bits per heavy atom. The number of ether oxygens (including phenoxy) is 5. The smallest absolute Gasteiger partial charge is 0.306 e. The summed E-state index contributed by atoms with van der Waals surface area (Å²) in [5, 5.41) is 34.1. The summed E-state index contributed by atoms with van der Waals surface area (Å²) in [4.78, 5) is 20.9.